The van der Waals surface area contributed by atoms with Crippen LogP contribution in [0.25, 0.3) is 10.7 Å². The molecule has 7 heteroatoms. The van der Waals surface area contributed by atoms with Crippen LogP contribution in [-0.4, -0.2) is 21.0 Å². The fourth-order valence-electron chi connectivity index (χ4n) is 2.67. The maximum absolute atomic E-state index is 12.6. The van der Waals surface area contributed by atoms with E-state index in [1.54, 1.807) is 0 Å². The number of aromatic nitrogens is 2. The van der Waals surface area contributed by atoms with Crippen molar-refractivity contribution >= 4 is 17.2 Å². The summed E-state index contributed by atoms with van der Waals surface area (Å²) in [5.41, 5.74) is 2.27. The number of nitriles is 1. The van der Waals surface area contributed by atoms with Crippen LogP contribution in [0.1, 0.15) is 36.1 Å². The first-order chi connectivity index (χ1) is 13.1. The summed E-state index contributed by atoms with van der Waals surface area (Å²) in [7, 11) is 0. The number of hydrogen-bond donors (Lipinski definition) is 2. The van der Waals surface area contributed by atoms with E-state index in [-0.39, 0.29) is 23.1 Å². The molecule has 6 nitrogen and oxygen atoms in total. The van der Waals surface area contributed by atoms with Crippen molar-refractivity contribution in [1.82, 2.24) is 15.3 Å². The lowest BCUT2D eigenvalue weighted by Gasteiger charge is -2.13. The second kappa shape index (κ2) is 8.43. The Labute approximate surface area is 161 Å². The molecule has 0 spiro atoms. The van der Waals surface area contributed by atoms with Crippen LogP contribution in [0.2, 0.25) is 0 Å². The zero-order chi connectivity index (χ0) is 19.2. The van der Waals surface area contributed by atoms with Gasteiger partial charge in [0, 0.05) is 24.2 Å². The second-order valence-electron chi connectivity index (χ2n) is 5.95. The van der Waals surface area contributed by atoms with Crippen molar-refractivity contribution in [3.63, 3.8) is 0 Å². The average Bonchev–Trinajstić information content (AvgIpc) is 3.17. The van der Waals surface area contributed by atoms with Crippen LogP contribution >= 0.6 is 11.3 Å². The molecule has 2 heterocycles. The first-order valence-electron chi connectivity index (χ1n) is 8.49. The number of benzene rings is 1. The minimum absolute atomic E-state index is 0.0878. The van der Waals surface area contributed by atoms with Crippen molar-refractivity contribution < 1.29 is 9.90 Å². The molecule has 0 fully saturated rings. The molecule has 3 rings (SSSR count). The lowest BCUT2D eigenvalue weighted by atomic mass is 10.0. The topological polar surface area (TPSA) is 98.9 Å². The van der Waals surface area contributed by atoms with Crippen molar-refractivity contribution in [2.75, 3.05) is 0 Å². The molecule has 2 aromatic heterocycles. The predicted molar refractivity (Wildman–Crippen MR) is 103 cm³/mol. The molecule has 1 amide bonds. The van der Waals surface area contributed by atoms with Crippen LogP contribution in [0.3, 0.4) is 0 Å². The fourth-order valence-corrected chi connectivity index (χ4v) is 3.55. The van der Waals surface area contributed by atoms with E-state index in [1.165, 1.54) is 23.6 Å². The molecule has 136 valence electrons. The number of carbonyl (C=O) groups is 1. The van der Waals surface area contributed by atoms with Gasteiger partial charge in [0.05, 0.1) is 17.2 Å². The van der Waals surface area contributed by atoms with E-state index in [2.05, 4.69) is 15.3 Å². The maximum atomic E-state index is 12.6. The molecule has 3 aromatic rings. The Hall–Kier alpha value is -3.24. The van der Waals surface area contributed by atoms with Gasteiger partial charge in [-0.2, -0.15) is 5.26 Å². The van der Waals surface area contributed by atoms with Crippen molar-refractivity contribution in [3.8, 4) is 22.5 Å². The van der Waals surface area contributed by atoms with Crippen LogP contribution in [0, 0.1) is 11.3 Å². The van der Waals surface area contributed by atoms with E-state index in [0.717, 1.165) is 5.56 Å². The number of thiazole rings is 1. The molecule has 0 saturated heterocycles. The summed E-state index contributed by atoms with van der Waals surface area (Å²) < 4.78 is 0. The van der Waals surface area contributed by atoms with E-state index >= 15 is 0 Å². The Kier molecular flexibility index (Phi) is 5.79. The quantitative estimate of drug-likeness (QED) is 0.683. The fraction of sp³-hybridized carbons (Fsp3) is 0.200. The van der Waals surface area contributed by atoms with E-state index in [4.69, 9.17) is 5.26 Å². The number of nitrogens with one attached hydrogen (secondary N) is 1. The molecule has 0 radical (unpaired) electrons. The summed E-state index contributed by atoms with van der Waals surface area (Å²) in [6.07, 6.45) is 2.00. The molecule has 27 heavy (non-hydrogen) atoms. The Bertz CT molecular complexity index is 979. The number of amides is 1. The summed E-state index contributed by atoms with van der Waals surface area (Å²) in [5.74, 6) is -0.564. The largest absolute Gasteiger partial charge is 0.506 e. The molecule has 1 atom stereocenters. The number of hydrogen-bond acceptors (Lipinski definition) is 6. The molecule has 0 bridgehead atoms. The molecule has 2 N–H and O–H groups in total. The monoisotopic (exact) mass is 378 g/mol. The minimum Gasteiger partial charge on any atom is -0.506 e. The Balaban J connectivity index is 1.75. The summed E-state index contributed by atoms with van der Waals surface area (Å²) in [6, 6.07) is 13.0. The first kappa shape index (κ1) is 18.5. The van der Waals surface area contributed by atoms with Gasteiger partial charge in [0.1, 0.15) is 22.5 Å². The maximum Gasteiger partial charge on any atom is 0.229 e. The summed E-state index contributed by atoms with van der Waals surface area (Å²) in [4.78, 5) is 21.2. The normalized spacial score (nSPS) is 11.6. The van der Waals surface area contributed by atoms with Crippen molar-refractivity contribution in [2.24, 2.45) is 0 Å². The predicted octanol–water partition coefficient (Wildman–Crippen LogP) is 3.59. The highest BCUT2D eigenvalue weighted by atomic mass is 32.1. The summed E-state index contributed by atoms with van der Waals surface area (Å²) >= 11 is 1.31. The molecule has 1 unspecified atom stereocenters. The van der Waals surface area contributed by atoms with Gasteiger partial charge in [0.2, 0.25) is 5.91 Å². The van der Waals surface area contributed by atoms with Crippen molar-refractivity contribution in [1.29, 1.82) is 5.26 Å². The van der Waals surface area contributed by atoms with E-state index in [1.807, 2.05) is 48.7 Å². The van der Waals surface area contributed by atoms with E-state index in [9.17, 15) is 9.90 Å². The highest BCUT2D eigenvalue weighted by molar-refractivity contribution is 7.13. The third kappa shape index (κ3) is 4.30. The van der Waals surface area contributed by atoms with Gasteiger partial charge in [-0.1, -0.05) is 37.3 Å². The van der Waals surface area contributed by atoms with Gasteiger partial charge in [-0.05, 0) is 12.0 Å². The standard InChI is InChI=1S/C20H18N4O2S/c1-2-15(19(26)23-10-13-6-4-3-5-7-13)16-12-27-20(24-16)18-17(25)8-14(9-21)11-22-18/h3-8,11-12,15,25H,2,10H2,1H3,(H,23,26). The van der Waals surface area contributed by atoms with Gasteiger partial charge in [-0.25, -0.2) is 9.97 Å². The second-order valence-corrected chi connectivity index (χ2v) is 6.80. The van der Waals surface area contributed by atoms with Gasteiger partial charge in [0.25, 0.3) is 0 Å². The molecular weight excluding hydrogens is 360 g/mol. The summed E-state index contributed by atoms with van der Waals surface area (Å²) in [6.45, 7) is 2.40. The third-order valence-electron chi connectivity index (χ3n) is 4.11. The van der Waals surface area contributed by atoms with E-state index < -0.39 is 0 Å². The molecule has 0 aliphatic carbocycles. The zero-order valence-electron chi connectivity index (χ0n) is 14.7. The first-order valence-corrected chi connectivity index (χ1v) is 9.37. The summed E-state index contributed by atoms with van der Waals surface area (Å²) in [5, 5.41) is 24.2. The SMILES string of the molecule is CCC(C(=O)NCc1ccccc1)c1csc(-c2ncc(C#N)cc2O)n1. The lowest BCUT2D eigenvalue weighted by molar-refractivity contribution is -0.122. The highest BCUT2D eigenvalue weighted by Crippen LogP contribution is 2.32. The van der Waals surface area contributed by atoms with Crippen LogP contribution in [0.5, 0.6) is 5.75 Å². The Morgan fingerprint density at radius 2 is 2.15 bits per heavy atom. The lowest BCUT2D eigenvalue weighted by Crippen LogP contribution is -2.28. The van der Waals surface area contributed by atoms with Crippen molar-refractivity contribution in [3.05, 3.63) is 64.8 Å². The Morgan fingerprint density at radius 1 is 1.37 bits per heavy atom. The van der Waals surface area contributed by atoms with E-state index in [0.29, 0.717) is 29.4 Å². The van der Waals surface area contributed by atoms with Gasteiger partial charge >= 0.3 is 0 Å². The number of aromatic hydroxyl groups is 1. The highest BCUT2D eigenvalue weighted by Gasteiger charge is 2.22. The molecule has 0 saturated carbocycles. The number of nitrogens with zero attached hydrogens (tertiary/aromatic N) is 3. The number of carbonyl (C=O) groups excluding carboxylic acids is 1. The van der Waals surface area contributed by atoms with Gasteiger partial charge in [0.15, 0.2) is 0 Å². The van der Waals surface area contributed by atoms with Crippen LogP contribution in [0.15, 0.2) is 48.0 Å². The van der Waals surface area contributed by atoms with Gasteiger partial charge < -0.3 is 10.4 Å². The smallest absolute Gasteiger partial charge is 0.229 e. The molecule has 1 aromatic carbocycles. The van der Waals surface area contributed by atoms with Crippen LogP contribution in [0.4, 0.5) is 0 Å². The number of pyridine rings is 1. The Morgan fingerprint density at radius 3 is 2.81 bits per heavy atom. The van der Waals surface area contributed by atoms with Crippen LogP contribution < -0.4 is 5.32 Å². The third-order valence-corrected chi connectivity index (χ3v) is 4.98. The zero-order valence-corrected chi connectivity index (χ0v) is 15.5. The number of rotatable bonds is 6. The minimum atomic E-state index is -0.376. The van der Waals surface area contributed by atoms with Gasteiger partial charge in [-0.15, -0.1) is 11.3 Å². The molecule has 0 aliphatic rings. The van der Waals surface area contributed by atoms with Crippen molar-refractivity contribution in [2.45, 2.75) is 25.8 Å². The average molecular weight is 378 g/mol. The van der Waals surface area contributed by atoms with Gasteiger partial charge in [-0.3, -0.25) is 4.79 Å². The molecular formula is C20H18N4O2S. The molecule has 0 aliphatic heterocycles. The van der Waals surface area contributed by atoms with Crippen LogP contribution in [-0.2, 0) is 11.3 Å².